The molecule has 194 valence electrons. The summed E-state index contributed by atoms with van der Waals surface area (Å²) in [6.07, 6.45) is 5.57. The molecule has 6 rings (SSSR count). The smallest absolute Gasteiger partial charge is 0.318 e. The number of ether oxygens (including phenoxy) is 1. The molecule has 3 aromatic rings. The second-order valence-corrected chi connectivity index (χ2v) is 10.1. The fourth-order valence-electron chi connectivity index (χ4n) is 6.03. The van der Waals surface area contributed by atoms with Gasteiger partial charge in [-0.15, -0.1) is 0 Å². The van der Waals surface area contributed by atoms with Gasteiger partial charge in [-0.25, -0.2) is 9.78 Å². The second kappa shape index (κ2) is 9.64. The van der Waals surface area contributed by atoms with Crippen LogP contribution >= 0.6 is 0 Å². The van der Waals surface area contributed by atoms with E-state index in [2.05, 4.69) is 25.9 Å². The van der Waals surface area contributed by atoms with Crippen LogP contribution in [-0.4, -0.2) is 76.4 Å². The summed E-state index contributed by atoms with van der Waals surface area (Å²) in [4.78, 5) is 32.0. The molecule has 3 amide bonds. The standard InChI is InChI=1S/C26H32N8O3/c1-28-26(36)31-17-4-2-15(3-5-17)20-13-30-34-23(27)12-21(32-24(20)34)16-10-18-6-7-19(11-16)33(18)25(35)22-14-37-9-8-29-22/h2-5,12-13,16,18-19,22,29H,6-11,14,27H2,1H3,(H2,28,31,36)/t16?,18-,19+,22?. The summed E-state index contributed by atoms with van der Waals surface area (Å²) in [5.41, 5.74) is 10.6. The lowest BCUT2D eigenvalue weighted by Crippen LogP contribution is -2.57. The Morgan fingerprint density at radius 1 is 1.16 bits per heavy atom. The Labute approximate surface area is 214 Å². The lowest BCUT2D eigenvalue weighted by molar-refractivity contribution is -0.141. The minimum absolute atomic E-state index is 0.168. The van der Waals surface area contributed by atoms with Crippen molar-refractivity contribution in [2.24, 2.45) is 0 Å². The van der Waals surface area contributed by atoms with E-state index in [-0.39, 0.29) is 36.0 Å². The van der Waals surface area contributed by atoms with E-state index in [0.29, 0.717) is 36.9 Å². The molecule has 2 bridgehead atoms. The molecule has 3 fully saturated rings. The highest BCUT2D eigenvalue weighted by Crippen LogP contribution is 2.43. The normalized spacial score (nSPS) is 25.3. The maximum absolute atomic E-state index is 13.3. The van der Waals surface area contributed by atoms with Crippen LogP contribution in [0.2, 0.25) is 0 Å². The number of nitrogens with one attached hydrogen (secondary N) is 3. The first kappa shape index (κ1) is 23.7. The number of piperidine rings is 1. The third kappa shape index (κ3) is 4.38. The van der Waals surface area contributed by atoms with Crippen LogP contribution in [-0.2, 0) is 9.53 Å². The van der Waals surface area contributed by atoms with Crippen molar-refractivity contribution in [1.29, 1.82) is 0 Å². The van der Waals surface area contributed by atoms with Crippen LogP contribution in [0.1, 0.15) is 37.3 Å². The van der Waals surface area contributed by atoms with Crippen molar-refractivity contribution in [3.8, 4) is 11.1 Å². The molecule has 37 heavy (non-hydrogen) atoms. The molecule has 0 radical (unpaired) electrons. The SMILES string of the molecule is CNC(=O)Nc1ccc(-c2cnn3c(N)cc(C4C[C@H]5CC[C@@H](C4)N5C(=O)C4COCCN4)nc23)cc1. The molecule has 0 aliphatic carbocycles. The third-order valence-electron chi connectivity index (χ3n) is 7.83. The molecule has 11 nitrogen and oxygen atoms in total. The topological polar surface area (TPSA) is 139 Å². The first-order valence-corrected chi connectivity index (χ1v) is 12.9. The largest absolute Gasteiger partial charge is 0.384 e. The summed E-state index contributed by atoms with van der Waals surface area (Å²) in [5, 5.41) is 13.1. The number of amides is 3. The number of benzene rings is 1. The minimum Gasteiger partial charge on any atom is -0.384 e. The molecular weight excluding hydrogens is 472 g/mol. The molecule has 11 heteroatoms. The first-order chi connectivity index (χ1) is 18.0. The quantitative estimate of drug-likeness (QED) is 0.426. The molecule has 1 aromatic carbocycles. The van der Waals surface area contributed by atoms with Crippen molar-refractivity contribution in [2.75, 3.05) is 37.9 Å². The predicted molar refractivity (Wildman–Crippen MR) is 139 cm³/mol. The summed E-state index contributed by atoms with van der Waals surface area (Å²) in [5.74, 6) is 0.936. The first-order valence-electron chi connectivity index (χ1n) is 12.9. The molecular formula is C26H32N8O3. The lowest BCUT2D eigenvalue weighted by Gasteiger charge is -2.41. The number of nitrogens with zero attached hydrogens (tertiary/aromatic N) is 4. The summed E-state index contributed by atoms with van der Waals surface area (Å²) in [6.45, 7) is 1.81. The van der Waals surface area contributed by atoms with Crippen molar-refractivity contribution >= 4 is 29.1 Å². The van der Waals surface area contributed by atoms with Gasteiger partial charge in [0.25, 0.3) is 0 Å². The average Bonchev–Trinajstić information content (AvgIpc) is 3.47. The summed E-state index contributed by atoms with van der Waals surface area (Å²) >= 11 is 0. The highest BCUT2D eigenvalue weighted by molar-refractivity contribution is 5.89. The van der Waals surface area contributed by atoms with Gasteiger partial charge in [-0.1, -0.05) is 12.1 Å². The van der Waals surface area contributed by atoms with E-state index in [9.17, 15) is 9.59 Å². The van der Waals surface area contributed by atoms with Crippen molar-refractivity contribution in [3.63, 3.8) is 0 Å². The van der Waals surface area contributed by atoms with Gasteiger partial charge in [-0.3, -0.25) is 4.79 Å². The zero-order valence-corrected chi connectivity index (χ0v) is 20.8. The number of hydrogen-bond donors (Lipinski definition) is 4. The summed E-state index contributed by atoms with van der Waals surface area (Å²) in [6, 6.07) is 9.39. The van der Waals surface area contributed by atoms with E-state index in [4.69, 9.17) is 15.5 Å². The van der Waals surface area contributed by atoms with Crippen molar-refractivity contribution < 1.29 is 14.3 Å². The molecule has 2 unspecified atom stereocenters. The van der Waals surface area contributed by atoms with Gasteiger partial charge in [0.15, 0.2) is 5.65 Å². The van der Waals surface area contributed by atoms with E-state index in [1.165, 1.54) is 0 Å². The third-order valence-corrected chi connectivity index (χ3v) is 7.83. The minimum atomic E-state index is -0.270. The molecule has 5 heterocycles. The van der Waals surface area contributed by atoms with Crippen molar-refractivity contribution in [3.05, 3.63) is 42.2 Å². The number of aromatic nitrogens is 3. The Bertz CT molecular complexity index is 1300. The van der Waals surface area contributed by atoms with E-state index < -0.39 is 0 Å². The number of hydrogen-bond acceptors (Lipinski definition) is 7. The molecule has 4 atom stereocenters. The number of fused-ring (bicyclic) bond motifs is 3. The molecule has 0 spiro atoms. The zero-order chi connectivity index (χ0) is 25.5. The summed E-state index contributed by atoms with van der Waals surface area (Å²) in [7, 11) is 1.58. The molecule has 3 aliphatic heterocycles. The maximum Gasteiger partial charge on any atom is 0.318 e. The zero-order valence-electron chi connectivity index (χ0n) is 20.8. The number of nitrogen functional groups attached to an aromatic ring is 1. The fourth-order valence-corrected chi connectivity index (χ4v) is 6.03. The van der Waals surface area contributed by atoms with E-state index in [0.717, 1.165) is 42.5 Å². The van der Waals surface area contributed by atoms with Crippen LogP contribution in [0.25, 0.3) is 16.8 Å². The van der Waals surface area contributed by atoms with Gasteiger partial charge in [0.2, 0.25) is 5.91 Å². The van der Waals surface area contributed by atoms with Gasteiger partial charge in [0.1, 0.15) is 11.9 Å². The van der Waals surface area contributed by atoms with Gasteiger partial charge >= 0.3 is 6.03 Å². The number of urea groups is 1. The van der Waals surface area contributed by atoms with E-state index in [1.807, 2.05) is 30.3 Å². The maximum atomic E-state index is 13.3. The van der Waals surface area contributed by atoms with Crippen LogP contribution in [0.3, 0.4) is 0 Å². The van der Waals surface area contributed by atoms with Crippen LogP contribution < -0.4 is 21.7 Å². The van der Waals surface area contributed by atoms with Crippen LogP contribution in [0, 0.1) is 0 Å². The number of morpholine rings is 1. The molecule has 3 aliphatic rings. The molecule has 3 saturated heterocycles. The van der Waals surface area contributed by atoms with E-state index in [1.54, 1.807) is 17.8 Å². The van der Waals surface area contributed by atoms with Crippen LogP contribution in [0.5, 0.6) is 0 Å². The number of rotatable bonds is 4. The molecule has 0 saturated carbocycles. The summed E-state index contributed by atoms with van der Waals surface area (Å²) < 4.78 is 7.20. The monoisotopic (exact) mass is 504 g/mol. The molecule has 2 aromatic heterocycles. The number of anilines is 2. The number of nitrogens with two attached hydrogens (primary N) is 1. The Hall–Kier alpha value is -3.70. The fraction of sp³-hybridized carbons (Fsp3) is 0.462. The number of carbonyl (C=O) groups is 2. The van der Waals surface area contributed by atoms with E-state index >= 15 is 0 Å². The van der Waals surface area contributed by atoms with Gasteiger partial charge in [0, 0.05) is 54.6 Å². The predicted octanol–water partition coefficient (Wildman–Crippen LogP) is 1.96. The Kier molecular flexibility index (Phi) is 6.17. The Morgan fingerprint density at radius 2 is 1.92 bits per heavy atom. The lowest BCUT2D eigenvalue weighted by atomic mass is 9.87. The van der Waals surface area contributed by atoms with Crippen LogP contribution in [0.15, 0.2) is 36.5 Å². The Morgan fingerprint density at radius 3 is 2.59 bits per heavy atom. The van der Waals surface area contributed by atoms with Gasteiger partial charge in [-0.2, -0.15) is 9.61 Å². The van der Waals surface area contributed by atoms with Crippen LogP contribution in [0.4, 0.5) is 16.3 Å². The second-order valence-electron chi connectivity index (χ2n) is 10.1. The Balaban J connectivity index is 1.24. The van der Waals surface area contributed by atoms with Gasteiger partial charge in [-0.05, 0) is 43.4 Å². The van der Waals surface area contributed by atoms with Gasteiger partial charge in [0.05, 0.1) is 19.4 Å². The molecule has 5 N–H and O–H groups in total. The number of carbonyl (C=O) groups excluding carboxylic acids is 2. The van der Waals surface area contributed by atoms with Crippen molar-refractivity contribution in [2.45, 2.75) is 49.7 Å². The highest BCUT2D eigenvalue weighted by atomic mass is 16.5. The van der Waals surface area contributed by atoms with Crippen molar-refractivity contribution in [1.82, 2.24) is 30.1 Å². The highest BCUT2D eigenvalue weighted by Gasteiger charge is 2.45. The van der Waals surface area contributed by atoms with Gasteiger partial charge < -0.3 is 31.3 Å². The average molecular weight is 505 g/mol.